The van der Waals surface area contributed by atoms with E-state index < -0.39 is 0 Å². The molecule has 0 nitrogen and oxygen atoms in total. The Balaban J connectivity index is 0.000000228. The number of benzene rings is 4. The fraction of sp³-hybridized carbons (Fsp3) is 0.444. The smallest absolute Gasteiger partial charge is 1.00 e. The minimum atomic E-state index is 0. The number of rotatable bonds is 10. The van der Waals surface area contributed by atoms with Gasteiger partial charge in [0.1, 0.15) is 0 Å². The van der Waals surface area contributed by atoms with E-state index in [9.17, 15) is 0 Å². The molecular formula is C54H68Cl2SiZr-2. The normalized spacial score (nSPS) is 15.2. The van der Waals surface area contributed by atoms with Crippen molar-refractivity contribution in [1.82, 2.24) is 0 Å². The van der Waals surface area contributed by atoms with Crippen molar-refractivity contribution in [2.75, 3.05) is 0 Å². The standard InChI is InChI=1S/2C26H31.C2H6Si.2ClH.Zr/c2*1-4-10-26(11-5-6-12-26)18-21-16-22-8-7-9-24(25(22)17-21)23-14-19(2)13-20(3)15-23;1-3-2;;;/h2*7-9,13-17H,4-6,10-12,18H2,1-3H3;1-2H3;2*1H;/q2*-1;;;;+2/p-2. The number of halogens is 2. The summed E-state index contributed by atoms with van der Waals surface area (Å²) in [6.07, 6.45) is 19.3. The molecule has 2 saturated carbocycles. The van der Waals surface area contributed by atoms with Gasteiger partial charge >= 0.3 is 41.9 Å². The Morgan fingerprint density at radius 3 is 1.17 bits per heavy atom. The fourth-order valence-electron chi connectivity index (χ4n) is 10.8. The summed E-state index contributed by atoms with van der Waals surface area (Å²) in [5, 5.41) is 5.66. The number of hydrogen-bond donors (Lipinski definition) is 0. The Hall–Kier alpha value is -2.22. The van der Waals surface area contributed by atoms with E-state index in [0.29, 0.717) is 10.8 Å². The Bertz CT molecular complexity index is 2040. The first-order valence-corrected chi connectivity index (χ1v) is 28.1. The number of fused-ring (bicyclic) bond motifs is 2. The molecule has 0 unspecified atom stereocenters. The summed E-state index contributed by atoms with van der Waals surface area (Å²) in [6.45, 7) is 18.1. The van der Waals surface area contributed by atoms with Crippen molar-refractivity contribution in [2.45, 2.75) is 145 Å². The summed E-state index contributed by atoms with van der Waals surface area (Å²) in [7, 11) is 0. The molecule has 2 aliphatic carbocycles. The topological polar surface area (TPSA) is 0 Å². The van der Waals surface area contributed by atoms with Gasteiger partial charge in [-0.15, -0.1) is 69.1 Å². The zero-order valence-corrected chi connectivity index (χ0v) is 41.9. The molecule has 0 amide bonds. The van der Waals surface area contributed by atoms with E-state index in [1.54, 1.807) is 34.5 Å². The Morgan fingerprint density at radius 2 is 0.862 bits per heavy atom. The van der Waals surface area contributed by atoms with E-state index in [1.807, 2.05) is 0 Å². The second kappa shape index (κ2) is 22.0. The van der Waals surface area contributed by atoms with Gasteiger partial charge in [0.05, 0.1) is 0 Å². The van der Waals surface area contributed by atoms with Crippen LogP contribution in [0, 0.1) is 38.5 Å². The molecule has 0 bridgehead atoms. The van der Waals surface area contributed by atoms with Gasteiger partial charge in [0, 0.05) is 0 Å². The van der Waals surface area contributed by atoms with Crippen molar-refractivity contribution in [3.8, 4) is 22.3 Å². The Kier molecular flexibility index (Phi) is 18.4. The van der Waals surface area contributed by atoms with E-state index in [1.165, 1.54) is 156 Å². The predicted molar refractivity (Wildman–Crippen MR) is 245 cm³/mol. The van der Waals surface area contributed by atoms with Crippen LogP contribution in [0.4, 0.5) is 0 Å². The Morgan fingerprint density at radius 1 is 0.534 bits per heavy atom. The molecule has 0 radical (unpaired) electrons. The summed E-state index contributed by atoms with van der Waals surface area (Å²) < 4.78 is 0. The van der Waals surface area contributed by atoms with Crippen molar-refractivity contribution in [1.29, 1.82) is 0 Å². The molecule has 4 heteroatoms. The molecule has 0 N–H and O–H groups in total. The van der Waals surface area contributed by atoms with E-state index in [4.69, 9.17) is 0 Å². The van der Waals surface area contributed by atoms with Gasteiger partial charge in [-0.2, -0.15) is 12.1 Å². The summed E-state index contributed by atoms with van der Waals surface area (Å²) in [5.74, 6) is 0. The van der Waals surface area contributed by atoms with Crippen LogP contribution in [0.25, 0.3) is 43.8 Å². The van der Waals surface area contributed by atoms with Gasteiger partial charge in [-0.1, -0.05) is 134 Å². The molecular weight excluding hydrogens is 839 g/mol. The zero-order valence-electron chi connectivity index (χ0n) is 36.9. The van der Waals surface area contributed by atoms with Crippen molar-refractivity contribution in [3.05, 3.63) is 130 Å². The third kappa shape index (κ3) is 12.4. The average Bonchev–Trinajstić information content (AvgIpc) is 3.95. The van der Waals surface area contributed by atoms with Gasteiger partial charge in [0.15, 0.2) is 0 Å². The van der Waals surface area contributed by atoms with Crippen LogP contribution in [0.1, 0.15) is 124 Å². The molecule has 0 spiro atoms. The average molecular weight is 907 g/mol. The van der Waals surface area contributed by atoms with Gasteiger partial charge < -0.3 is 24.8 Å². The largest absolute Gasteiger partial charge is 1.00 e. The molecule has 0 saturated heterocycles. The van der Waals surface area contributed by atoms with Crippen molar-refractivity contribution >= 4 is 27.0 Å². The van der Waals surface area contributed by atoms with Crippen molar-refractivity contribution in [2.24, 2.45) is 10.8 Å². The molecule has 2 aliphatic rings. The third-order valence-corrected chi connectivity index (χ3v) is 12.7. The molecule has 0 aliphatic heterocycles. The molecule has 6 aromatic carbocycles. The maximum atomic E-state index is 2.48. The SMILES string of the molecule is CCCC1(Cc2cc3c(-c4cc(C)cc(C)c4)cccc3[cH-]2)CCCC1.CCCC1(Cc2cc3c(-c4cc(C)cc(C)c4)cccc3[cH-]2)CCCC1.C[Si](C)=[Zr+2].[Cl-].[Cl-]. The molecule has 0 aromatic heterocycles. The van der Waals surface area contributed by atoms with Crippen LogP contribution in [0.15, 0.2) is 97.1 Å². The first-order valence-electron chi connectivity index (χ1n) is 22.0. The summed E-state index contributed by atoms with van der Waals surface area (Å²) >= 11 is 1.74. The van der Waals surface area contributed by atoms with Crippen LogP contribution >= 0.6 is 0 Å². The number of hydrogen-bond acceptors (Lipinski definition) is 0. The van der Waals surface area contributed by atoms with Crippen molar-refractivity contribution < 1.29 is 48.1 Å². The second-order valence-electron chi connectivity index (χ2n) is 18.4. The molecule has 308 valence electrons. The number of aryl methyl sites for hydroxylation is 4. The van der Waals surface area contributed by atoms with Crippen molar-refractivity contribution in [3.63, 3.8) is 0 Å². The van der Waals surface area contributed by atoms with E-state index in [2.05, 4.69) is 152 Å². The minimum absolute atomic E-state index is 0. The summed E-state index contributed by atoms with van der Waals surface area (Å²) in [6, 6.07) is 37.3. The molecule has 6 aromatic rings. The maximum absolute atomic E-state index is 2.48. The Labute approximate surface area is 380 Å². The van der Waals surface area contributed by atoms with Gasteiger partial charge in [0.25, 0.3) is 0 Å². The van der Waals surface area contributed by atoms with Crippen LogP contribution in [0.3, 0.4) is 0 Å². The van der Waals surface area contributed by atoms with E-state index in [0.717, 1.165) is 0 Å². The molecule has 58 heavy (non-hydrogen) atoms. The second-order valence-corrected chi connectivity index (χ2v) is 27.7. The first-order chi connectivity index (χ1) is 26.9. The van der Waals surface area contributed by atoms with Gasteiger partial charge in [-0.25, -0.2) is 0 Å². The van der Waals surface area contributed by atoms with Gasteiger partial charge in [0.2, 0.25) is 0 Å². The minimum Gasteiger partial charge on any atom is -1.00 e. The van der Waals surface area contributed by atoms with Gasteiger partial charge in [-0.05, 0) is 101 Å². The predicted octanol–water partition coefficient (Wildman–Crippen LogP) is 10.3. The quantitative estimate of drug-likeness (QED) is 0.0949. The first kappa shape index (κ1) is 48.4. The summed E-state index contributed by atoms with van der Waals surface area (Å²) in [5.41, 5.74) is 15.3. The third-order valence-electron chi connectivity index (χ3n) is 12.7. The molecule has 8 rings (SSSR count). The van der Waals surface area contributed by atoms with Crippen LogP contribution < -0.4 is 24.8 Å². The van der Waals surface area contributed by atoms with E-state index in [-0.39, 0.29) is 30.2 Å². The molecule has 2 fully saturated rings. The monoisotopic (exact) mass is 904 g/mol. The van der Waals surface area contributed by atoms with Crippen LogP contribution in [0.2, 0.25) is 13.1 Å². The van der Waals surface area contributed by atoms with E-state index >= 15 is 0 Å². The van der Waals surface area contributed by atoms with Crippen LogP contribution in [-0.2, 0) is 36.2 Å². The summed E-state index contributed by atoms with van der Waals surface area (Å²) in [4.78, 5) is 0. The van der Waals surface area contributed by atoms with Crippen LogP contribution in [-0.4, -0.2) is 5.43 Å². The van der Waals surface area contributed by atoms with Gasteiger partial charge in [-0.3, -0.25) is 0 Å². The zero-order chi connectivity index (χ0) is 39.9. The fourth-order valence-corrected chi connectivity index (χ4v) is 10.8. The maximum Gasteiger partial charge on any atom is -1.00 e. The molecule has 0 atom stereocenters. The van der Waals surface area contributed by atoms with Crippen LogP contribution in [0.5, 0.6) is 0 Å². The molecule has 0 heterocycles.